The van der Waals surface area contributed by atoms with E-state index in [1.165, 1.54) is 0 Å². The Morgan fingerprint density at radius 2 is 0.738 bits per heavy atom. The molecule has 0 saturated carbocycles. The molecule has 5 aromatic heterocycles. The topological polar surface area (TPSA) is 150 Å². The van der Waals surface area contributed by atoms with Gasteiger partial charge in [-0.1, -0.05) is 127 Å². The number of nitrogens with zero attached hydrogens (tertiary/aromatic N) is 12. The quantitative estimate of drug-likeness (QED) is 0.137. The molecule has 14 rings (SSSR count). The maximum absolute atomic E-state index is 9.87. The minimum atomic E-state index is 0.492. The predicted octanol–water partition coefficient (Wildman–Crippen LogP) is 15.2. The van der Waals surface area contributed by atoms with Crippen LogP contribution in [0.3, 0.4) is 0 Å². The number of benzene rings is 9. The zero-order chi connectivity index (χ0) is 54.0. The second-order valence-electron chi connectivity index (χ2n) is 19.8. The zero-order valence-corrected chi connectivity index (χ0v) is 44.0. The van der Waals surface area contributed by atoms with Gasteiger partial charge in [-0.15, -0.1) is 0 Å². The van der Waals surface area contributed by atoms with Crippen molar-refractivity contribution in [2.24, 2.45) is 0 Å². The lowest BCUT2D eigenvalue weighted by atomic mass is 9.92. The van der Waals surface area contributed by atoms with Crippen molar-refractivity contribution < 1.29 is 0 Å². The van der Waals surface area contributed by atoms with E-state index in [1.54, 1.807) is 0 Å². The van der Waals surface area contributed by atoms with E-state index in [2.05, 4.69) is 146 Å². The molecule has 9 aromatic carbocycles. The molecule has 0 amide bonds. The van der Waals surface area contributed by atoms with E-state index < -0.39 is 0 Å². The van der Waals surface area contributed by atoms with Gasteiger partial charge in [0.1, 0.15) is 23.3 Å². The number of nitriles is 1. The Kier molecular flexibility index (Phi) is 11.5. The van der Waals surface area contributed by atoms with Gasteiger partial charge in [-0.25, -0.2) is 44.9 Å². The Balaban J connectivity index is 1.10. The van der Waals surface area contributed by atoms with E-state index in [-0.39, 0.29) is 0 Å². The number of hydrogen-bond donors (Lipinski definition) is 0. The summed E-state index contributed by atoms with van der Waals surface area (Å²) >= 11 is 0. The summed E-state index contributed by atoms with van der Waals surface area (Å²) in [5.41, 5.74) is 14.4. The van der Waals surface area contributed by atoms with Gasteiger partial charge in [0.15, 0.2) is 29.1 Å². The van der Waals surface area contributed by atoms with Crippen molar-refractivity contribution >= 4 is 43.6 Å². The fourth-order valence-corrected chi connectivity index (χ4v) is 11.2. The minimum absolute atomic E-state index is 0.492. The Labute approximate surface area is 460 Å². The van der Waals surface area contributed by atoms with Crippen molar-refractivity contribution in [3.63, 3.8) is 0 Å². The molecule has 12 nitrogen and oxygen atoms in total. The lowest BCUT2D eigenvalue weighted by molar-refractivity contribution is 0.928. The monoisotopic (exact) mass is 1030 g/mol. The number of rotatable bonds is 9. The van der Waals surface area contributed by atoms with Gasteiger partial charge < -0.3 is 9.13 Å². The normalized spacial score (nSPS) is 11.5. The largest absolute Gasteiger partial charge is 0.309 e. The Bertz CT molecular complexity index is 4730. The van der Waals surface area contributed by atoms with Crippen molar-refractivity contribution in [2.45, 2.75) is 27.7 Å². The SMILES string of the molecule is Cc1nc(C)nc(-c2ccc3c(c2)c2ccccc2n3-c2ccc(-c3ccc(C#N)cc3)cc2-c2cccc(-n3c4ccccc4c4cc(-c5nc(C)nc(C)n5)ccc43)c2-c2nc(-c3ccccc3)nc(-c3ccccc3)n2)n1. The van der Waals surface area contributed by atoms with E-state index >= 15 is 0 Å². The average Bonchev–Trinajstić information content (AvgIpc) is 4.12. The van der Waals surface area contributed by atoms with E-state index in [4.69, 9.17) is 34.9 Å². The third-order valence-electron chi connectivity index (χ3n) is 14.7. The van der Waals surface area contributed by atoms with E-state index in [9.17, 15) is 5.26 Å². The third-order valence-corrected chi connectivity index (χ3v) is 14.7. The predicted molar refractivity (Wildman–Crippen MR) is 317 cm³/mol. The van der Waals surface area contributed by atoms with Gasteiger partial charge >= 0.3 is 0 Å². The van der Waals surface area contributed by atoms with E-state index in [0.29, 0.717) is 58.0 Å². The van der Waals surface area contributed by atoms with Crippen LogP contribution in [0.5, 0.6) is 0 Å². The van der Waals surface area contributed by atoms with Crippen molar-refractivity contribution in [2.75, 3.05) is 0 Å². The number of aryl methyl sites for hydroxylation is 4. The molecule has 0 atom stereocenters. The Morgan fingerprint density at radius 3 is 1.26 bits per heavy atom. The van der Waals surface area contributed by atoms with Gasteiger partial charge in [0.2, 0.25) is 0 Å². The lowest BCUT2D eigenvalue weighted by Crippen LogP contribution is -2.06. The first kappa shape index (κ1) is 47.5. The molecule has 0 aliphatic heterocycles. The number of aromatic nitrogens is 11. The molecule has 0 aliphatic carbocycles. The molecule has 5 heterocycles. The fraction of sp³-hybridized carbons (Fsp3) is 0.0588. The first-order chi connectivity index (χ1) is 39.2. The summed E-state index contributed by atoms with van der Waals surface area (Å²) in [5, 5.41) is 14.1. The van der Waals surface area contributed by atoms with E-state index in [1.807, 2.05) is 113 Å². The lowest BCUT2D eigenvalue weighted by Gasteiger charge is -2.21. The smallest absolute Gasteiger partial charge is 0.166 e. The van der Waals surface area contributed by atoms with Crippen LogP contribution in [0.1, 0.15) is 28.9 Å². The van der Waals surface area contributed by atoms with Crippen LogP contribution in [0.2, 0.25) is 0 Å². The summed E-state index contributed by atoms with van der Waals surface area (Å²) < 4.78 is 4.69. The molecule has 0 aliphatic rings. The first-order valence-corrected chi connectivity index (χ1v) is 26.3. The molecule has 80 heavy (non-hydrogen) atoms. The fourth-order valence-electron chi connectivity index (χ4n) is 11.2. The maximum atomic E-state index is 9.87. The molecule has 0 spiro atoms. The van der Waals surface area contributed by atoms with Crippen LogP contribution in [0.4, 0.5) is 0 Å². The highest BCUT2D eigenvalue weighted by atomic mass is 15.1. The summed E-state index contributed by atoms with van der Waals surface area (Å²) in [7, 11) is 0. The van der Waals surface area contributed by atoms with Crippen LogP contribution >= 0.6 is 0 Å². The second kappa shape index (κ2) is 19.3. The zero-order valence-electron chi connectivity index (χ0n) is 44.0. The molecule has 0 radical (unpaired) electrons. The molecule has 0 N–H and O–H groups in total. The van der Waals surface area contributed by atoms with Crippen LogP contribution < -0.4 is 0 Å². The summed E-state index contributed by atoms with van der Waals surface area (Å²) in [6, 6.07) is 73.3. The summed E-state index contributed by atoms with van der Waals surface area (Å²) in [5.74, 6) is 5.48. The highest BCUT2D eigenvalue weighted by Gasteiger charge is 2.26. The molecular weight excluding hydrogens is 985 g/mol. The molecule has 378 valence electrons. The first-order valence-electron chi connectivity index (χ1n) is 26.3. The Morgan fingerprint density at radius 1 is 0.300 bits per heavy atom. The van der Waals surface area contributed by atoms with Gasteiger partial charge in [0, 0.05) is 49.4 Å². The maximum Gasteiger partial charge on any atom is 0.166 e. The number of para-hydroxylation sites is 2. The van der Waals surface area contributed by atoms with Crippen molar-refractivity contribution in [3.05, 3.63) is 235 Å². The summed E-state index contributed by atoms with van der Waals surface area (Å²) in [6.45, 7) is 7.59. The highest BCUT2D eigenvalue weighted by molar-refractivity contribution is 6.13. The molecular formula is C68H46N12. The van der Waals surface area contributed by atoms with Gasteiger partial charge in [-0.3, -0.25) is 0 Å². The number of hydrogen-bond acceptors (Lipinski definition) is 10. The standard InChI is InChI=1S/C68H46N12/c1-40-70-41(2)73-66(72-40)49-31-34-59-54(37-49)51-20-11-13-23-57(51)79(59)61-33-30-48(45-28-26-44(39-69)27-29-45)36-56(61)53-22-15-25-62(63(53)68-77-64(46-16-7-5-8-17-46)76-65(78-68)47-18-9-6-10-19-47)80-58-24-14-12-21-52(58)55-38-50(32-35-60(55)80)67-74-42(3)71-43(4)75-67/h5-38H,1-4H3. The summed E-state index contributed by atoms with van der Waals surface area (Å²) in [4.78, 5) is 44.3. The van der Waals surface area contributed by atoms with Gasteiger partial charge in [0.25, 0.3) is 0 Å². The van der Waals surface area contributed by atoms with Crippen LogP contribution in [0.25, 0.3) is 134 Å². The van der Waals surface area contributed by atoms with E-state index in [0.717, 1.165) is 105 Å². The number of fused-ring (bicyclic) bond motifs is 6. The molecule has 0 saturated heterocycles. The van der Waals surface area contributed by atoms with Crippen LogP contribution in [-0.2, 0) is 0 Å². The van der Waals surface area contributed by atoms with Crippen LogP contribution in [0.15, 0.2) is 206 Å². The van der Waals surface area contributed by atoms with Gasteiger partial charge in [-0.05, 0) is 123 Å². The molecule has 0 bridgehead atoms. The van der Waals surface area contributed by atoms with Crippen molar-refractivity contribution in [3.8, 4) is 96.6 Å². The molecule has 0 unspecified atom stereocenters. The van der Waals surface area contributed by atoms with Gasteiger partial charge in [-0.2, -0.15) is 5.26 Å². The highest BCUT2D eigenvalue weighted by Crippen LogP contribution is 2.46. The van der Waals surface area contributed by atoms with Crippen LogP contribution in [-0.4, -0.2) is 54.0 Å². The minimum Gasteiger partial charge on any atom is -0.309 e. The van der Waals surface area contributed by atoms with Crippen LogP contribution in [0, 0.1) is 39.0 Å². The van der Waals surface area contributed by atoms with Crippen molar-refractivity contribution in [1.82, 2.24) is 54.0 Å². The second-order valence-corrected chi connectivity index (χ2v) is 19.8. The average molecular weight is 1030 g/mol. The summed E-state index contributed by atoms with van der Waals surface area (Å²) in [6.07, 6.45) is 0. The van der Waals surface area contributed by atoms with Gasteiger partial charge in [0.05, 0.1) is 50.6 Å². The third kappa shape index (κ3) is 8.29. The molecule has 12 heteroatoms. The Hall–Kier alpha value is -10.9. The van der Waals surface area contributed by atoms with Crippen molar-refractivity contribution in [1.29, 1.82) is 5.26 Å². The molecule has 0 fully saturated rings. The molecule has 14 aromatic rings.